The van der Waals surface area contributed by atoms with Crippen LogP contribution in [-0.4, -0.2) is 21.7 Å². The predicted octanol–water partition coefficient (Wildman–Crippen LogP) is 3.18. The van der Waals surface area contributed by atoms with E-state index < -0.39 is 0 Å². The molecule has 1 heterocycles. The first-order valence-electron chi connectivity index (χ1n) is 7.14. The van der Waals surface area contributed by atoms with Crippen molar-refractivity contribution in [3.8, 4) is 0 Å². The van der Waals surface area contributed by atoms with Crippen molar-refractivity contribution in [2.75, 3.05) is 0 Å². The van der Waals surface area contributed by atoms with E-state index in [1.165, 1.54) is 25.7 Å². The second-order valence-electron chi connectivity index (χ2n) is 5.31. The highest BCUT2D eigenvalue weighted by Crippen LogP contribution is 2.17. The minimum Gasteiger partial charge on any atom is -0.353 e. The number of amides is 1. The van der Waals surface area contributed by atoms with E-state index in [-0.39, 0.29) is 5.91 Å². The van der Waals surface area contributed by atoms with Gasteiger partial charge >= 0.3 is 0 Å². The molecule has 1 aromatic rings. The third-order valence-corrected chi connectivity index (χ3v) is 4.59. The number of rotatable bonds is 4. The summed E-state index contributed by atoms with van der Waals surface area (Å²) in [7, 11) is 0. The number of carbonyl (C=O) groups excluding carboxylic acids is 1. The van der Waals surface area contributed by atoms with E-state index in [4.69, 9.17) is 0 Å². The molecule has 0 radical (unpaired) electrons. The summed E-state index contributed by atoms with van der Waals surface area (Å²) in [5.74, 6) is 0.151. The Kier molecular flexibility index (Phi) is 5.43. The second kappa shape index (κ2) is 7.08. The Morgan fingerprint density at radius 1 is 1.42 bits per heavy atom. The third kappa shape index (κ3) is 4.34. The summed E-state index contributed by atoms with van der Waals surface area (Å²) in [4.78, 5) is 12.0. The van der Waals surface area contributed by atoms with Gasteiger partial charge < -0.3 is 5.32 Å². The van der Waals surface area contributed by atoms with Crippen LogP contribution in [0, 0.1) is 6.92 Å². The van der Waals surface area contributed by atoms with Crippen molar-refractivity contribution < 1.29 is 4.79 Å². The van der Waals surface area contributed by atoms with Gasteiger partial charge in [0.05, 0.1) is 10.7 Å². The van der Waals surface area contributed by atoms with Crippen LogP contribution < -0.4 is 5.32 Å². The van der Waals surface area contributed by atoms with E-state index in [0.717, 1.165) is 23.0 Å². The summed E-state index contributed by atoms with van der Waals surface area (Å²) in [6, 6.07) is 0.389. The van der Waals surface area contributed by atoms with E-state index in [1.807, 2.05) is 11.6 Å². The van der Waals surface area contributed by atoms with Crippen LogP contribution in [0.4, 0.5) is 0 Å². The maximum atomic E-state index is 12.0. The Hall–Kier alpha value is -0.840. The monoisotopic (exact) mass is 327 g/mol. The van der Waals surface area contributed by atoms with E-state index in [0.29, 0.717) is 19.0 Å². The van der Waals surface area contributed by atoms with Gasteiger partial charge in [-0.1, -0.05) is 25.7 Å². The lowest BCUT2D eigenvalue weighted by Gasteiger charge is -2.16. The maximum absolute atomic E-state index is 12.0. The zero-order valence-corrected chi connectivity index (χ0v) is 13.1. The highest BCUT2D eigenvalue weighted by atomic mass is 79.9. The zero-order valence-electron chi connectivity index (χ0n) is 11.5. The molecule has 1 N–H and O–H groups in total. The molecule has 1 fully saturated rings. The minimum atomic E-state index is 0.151. The number of hydrogen-bond acceptors (Lipinski definition) is 2. The van der Waals surface area contributed by atoms with Crippen LogP contribution in [0.3, 0.4) is 0 Å². The number of nitrogens with zero attached hydrogens (tertiary/aromatic N) is 2. The molecule has 0 unspecified atom stereocenters. The molecular weight excluding hydrogens is 306 g/mol. The van der Waals surface area contributed by atoms with Crippen LogP contribution in [0.5, 0.6) is 0 Å². The number of halogens is 1. The van der Waals surface area contributed by atoms with Gasteiger partial charge in [-0.15, -0.1) is 0 Å². The molecule has 0 saturated heterocycles. The molecule has 2 rings (SSSR count). The lowest BCUT2D eigenvalue weighted by Crippen LogP contribution is -2.34. The average Bonchev–Trinajstić information content (AvgIpc) is 2.60. The highest BCUT2D eigenvalue weighted by Gasteiger charge is 2.14. The molecule has 1 aliphatic carbocycles. The molecule has 0 atom stereocenters. The lowest BCUT2D eigenvalue weighted by molar-refractivity contribution is -0.122. The molecule has 1 aromatic heterocycles. The van der Waals surface area contributed by atoms with Gasteiger partial charge in [-0.05, 0) is 35.7 Å². The van der Waals surface area contributed by atoms with Crippen molar-refractivity contribution >= 4 is 21.8 Å². The number of nitrogens with one attached hydrogen (secondary N) is 1. The first-order valence-corrected chi connectivity index (χ1v) is 7.93. The third-order valence-electron chi connectivity index (χ3n) is 3.81. The van der Waals surface area contributed by atoms with Gasteiger partial charge in [0.15, 0.2) is 0 Å². The summed E-state index contributed by atoms with van der Waals surface area (Å²) in [6.07, 6.45) is 9.67. The van der Waals surface area contributed by atoms with Crippen LogP contribution in [-0.2, 0) is 11.3 Å². The second-order valence-corrected chi connectivity index (χ2v) is 6.16. The van der Waals surface area contributed by atoms with E-state index in [2.05, 4.69) is 26.3 Å². The number of hydrogen-bond donors (Lipinski definition) is 1. The molecule has 5 heteroatoms. The average molecular weight is 328 g/mol. The standard InChI is InChI=1S/C14H22BrN3O/c1-11-13(15)10-16-18(11)9-8-14(19)17-12-6-4-2-3-5-7-12/h10,12H,2-9H2,1H3,(H,17,19). The zero-order chi connectivity index (χ0) is 13.7. The fraction of sp³-hybridized carbons (Fsp3) is 0.714. The normalized spacial score (nSPS) is 17.2. The quantitative estimate of drug-likeness (QED) is 0.863. The van der Waals surface area contributed by atoms with Crippen LogP contribution >= 0.6 is 15.9 Å². The van der Waals surface area contributed by atoms with Gasteiger partial charge in [-0.2, -0.15) is 5.10 Å². The van der Waals surface area contributed by atoms with Gasteiger partial charge in [-0.25, -0.2) is 0 Å². The Morgan fingerprint density at radius 2 is 2.11 bits per heavy atom. The van der Waals surface area contributed by atoms with Gasteiger partial charge in [0.25, 0.3) is 0 Å². The van der Waals surface area contributed by atoms with Gasteiger partial charge in [-0.3, -0.25) is 9.48 Å². The van der Waals surface area contributed by atoms with Gasteiger partial charge in [0.2, 0.25) is 5.91 Å². The predicted molar refractivity (Wildman–Crippen MR) is 78.9 cm³/mol. The van der Waals surface area contributed by atoms with Crippen molar-refractivity contribution in [1.29, 1.82) is 0 Å². The van der Waals surface area contributed by atoms with Gasteiger partial charge in [0.1, 0.15) is 0 Å². The van der Waals surface area contributed by atoms with Gasteiger partial charge in [0, 0.05) is 24.7 Å². The molecule has 0 aromatic carbocycles. The molecule has 106 valence electrons. The van der Waals surface area contributed by atoms with Crippen LogP contribution in [0.2, 0.25) is 0 Å². The largest absolute Gasteiger partial charge is 0.353 e. The molecule has 1 aliphatic rings. The van der Waals surface area contributed by atoms with Crippen molar-refractivity contribution in [3.63, 3.8) is 0 Å². The van der Waals surface area contributed by atoms with E-state index in [1.54, 1.807) is 6.20 Å². The van der Waals surface area contributed by atoms with E-state index in [9.17, 15) is 4.79 Å². The van der Waals surface area contributed by atoms with Crippen LogP contribution in [0.25, 0.3) is 0 Å². The molecule has 0 bridgehead atoms. The summed E-state index contributed by atoms with van der Waals surface area (Å²) < 4.78 is 2.87. The lowest BCUT2D eigenvalue weighted by atomic mass is 10.1. The smallest absolute Gasteiger partial charge is 0.222 e. The maximum Gasteiger partial charge on any atom is 0.222 e. The SMILES string of the molecule is Cc1c(Br)cnn1CCC(=O)NC1CCCCCC1. The number of carbonyl (C=O) groups is 1. The summed E-state index contributed by atoms with van der Waals surface area (Å²) in [5, 5.41) is 7.40. The van der Waals surface area contributed by atoms with Crippen molar-refractivity contribution in [2.45, 2.75) is 64.5 Å². The molecular formula is C14H22BrN3O. The van der Waals surface area contributed by atoms with Crippen molar-refractivity contribution in [3.05, 3.63) is 16.4 Å². The molecule has 4 nitrogen and oxygen atoms in total. The topological polar surface area (TPSA) is 46.9 Å². The summed E-state index contributed by atoms with van der Waals surface area (Å²) in [6.45, 7) is 2.65. The van der Waals surface area contributed by atoms with E-state index >= 15 is 0 Å². The molecule has 1 saturated carbocycles. The van der Waals surface area contributed by atoms with Crippen LogP contribution in [0.1, 0.15) is 50.6 Å². The van der Waals surface area contributed by atoms with Crippen molar-refractivity contribution in [2.24, 2.45) is 0 Å². The Bertz CT molecular complexity index is 422. The first kappa shape index (κ1) is 14.6. The number of aromatic nitrogens is 2. The Labute approximate surface area is 123 Å². The number of aryl methyl sites for hydroxylation is 1. The Morgan fingerprint density at radius 3 is 2.68 bits per heavy atom. The van der Waals surface area contributed by atoms with Crippen molar-refractivity contribution in [1.82, 2.24) is 15.1 Å². The molecule has 1 amide bonds. The first-order chi connectivity index (χ1) is 9.16. The van der Waals surface area contributed by atoms with Crippen LogP contribution in [0.15, 0.2) is 10.7 Å². The summed E-state index contributed by atoms with van der Waals surface area (Å²) >= 11 is 3.43. The minimum absolute atomic E-state index is 0.151. The molecule has 0 aliphatic heterocycles. The summed E-state index contributed by atoms with van der Waals surface area (Å²) in [5.41, 5.74) is 1.07. The molecule has 19 heavy (non-hydrogen) atoms. The fourth-order valence-electron chi connectivity index (χ4n) is 2.58. The molecule has 0 spiro atoms. The Balaban J connectivity index is 1.76. The fourth-order valence-corrected chi connectivity index (χ4v) is 2.88. The highest BCUT2D eigenvalue weighted by molar-refractivity contribution is 9.10.